The van der Waals surface area contributed by atoms with Gasteiger partial charge in [-0.05, 0) is 27.2 Å². The summed E-state index contributed by atoms with van der Waals surface area (Å²) in [4.78, 5) is 11.8. The average molecular weight is 315 g/mol. The summed E-state index contributed by atoms with van der Waals surface area (Å²) in [6, 6.07) is 0. The van der Waals surface area contributed by atoms with Crippen LogP contribution in [-0.2, 0) is 14.3 Å². The minimum atomic E-state index is -6.00. The predicted molar refractivity (Wildman–Crippen MR) is 71.8 cm³/mol. The molecule has 1 heterocycles. The van der Waals surface area contributed by atoms with Gasteiger partial charge in [-0.15, -0.1) is 0 Å². The van der Waals surface area contributed by atoms with E-state index in [1.54, 1.807) is 0 Å². The molecule has 0 fully saturated rings. The van der Waals surface area contributed by atoms with Crippen molar-refractivity contribution in [3.8, 4) is 0 Å². The quantitative estimate of drug-likeness (QED) is 0.346. The zero-order valence-corrected chi connectivity index (χ0v) is 12.6. The summed E-state index contributed by atoms with van der Waals surface area (Å²) in [5, 5.41) is 0. The van der Waals surface area contributed by atoms with Gasteiger partial charge in [0.2, 0.25) is 0 Å². The molecule has 9 heteroatoms. The molecular formula is C12H22BF4NO3. The zero-order valence-electron chi connectivity index (χ0n) is 12.6. The molecule has 1 aliphatic rings. The number of carbonyl (C=O) groups is 1. The lowest BCUT2D eigenvalue weighted by atomic mass is 9.99. The minimum absolute atomic E-state index is 0.149. The van der Waals surface area contributed by atoms with Gasteiger partial charge in [0.1, 0.15) is 13.1 Å². The van der Waals surface area contributed by atoms with Gasteiger partial charge in [0, 0.05) is 6.42 Å². The molecule has 1 aliphatic heterocycles. The Labute approximate surface area is 122 Å². The van der Waals surface area contributed by atoms with E-state index < -0.39 is 7.25 Å². The van der Waals surface area contributed by atoms with Crippen molar-refractivity contribution in [2.75, 3.05) is 26.3 Å². The highest BCUT2D eigenvalue weighted by molar-refractivity contribution is 6.50. The van der Waals surface area contributed by atoms with Crippen LogP contribution in [0.1, 0.15) is 33.6 Å². The van der Waals surface area contributed by atoms with Crippen molar-refractivity contribution >= 4 is 19.1 Å². The van der Waals surface area contributed by atoms with Crippen molar-refractivity contribution in [3.05, 3.63) is 0 Å². The highest BCUT2D eigenvalue weighted by Crippen LogP contribution is 2.17. The molecule has 0 aliphatic carbocycles. The van der Waals surface area contributed by atoms with Gasteiger partial charge in [-0.25, -0.2) is 4.58 Å². The topological polar surface area (TPSA) is 38.5 Å². The molecule has 0 aromatic carbocycles. The fourth-order valence-electron chi connectivity index (χ4n) is 2.06. The Bertz CT molecular complexity index is 355. The standard InChI is InChI=1S/C12H22NO3.BF4/c1-4-13-9-7-8-10(11(13)15-5-2)12(14)16-6-3;2-1(3,4)5/h10H,4-9H2,1-3H3;/q+1;-1. The Morgan fingerprint density at radius 2 is 1.81 bits per heavy atom. The van der Waals surface area contributed by atoms with Crippen LogP contribution in [0.2, 0.25) is 0 Å². The van der Waals surface area contributed by atoms with Crippen molar-refractivity contribution in [2.45, 2.75) is 33.6 Å². The second-order valence-corrected chi connectivity index (χ2v) is 4.29. The summed E-state index contributed by atoms with van der Waals surface area (Å²) in [6.07, 6.45) is 1.86. The van der Waals surface area contributed by atoms with Gasteiger partial charge in [-0.3, -0.25) is 4.79 Å². The van der Waals surface area contributed by atoms with E-state index in [-0.39, 0.29) is 11.9 Å². The van der Waals surface area contributed by atoms with Crippen LogP contribution < -0.4 is 0 Å². The summed E-state index contributed by atoms with van der Waals surface area (Å²) in [5.74, 6) is 0.451. The Kier molecular flexibility index (Phi) is 9.04. The van der Waals surface area contributed by atoms with Crippen LogP contribution in [0.25, 0.3) is 0 Å². The monoisotopic (exact) mass is 315 g/mol. The van der Waals surface area contributed by atoms with E-state index >= 15 is 0 Å². The molecule has 1 rings (SSSR count). The number of ether oxygens (including phenoxy) is 2. The first kappa shape index (κ1) is 19.7. The SMILES string of the molecule is CCOC(=O)C1CCC[N+](CC)=C1OCC.F[B-](F)(F)F. The number of esters is 1. The molecule has 4 nitrogen and oxygen atoms in total. The molecule has 0 bridgehead atoms. The molecule has 1 atom stereocenters. The largest absolute Gasteiger partial charge is 0.673 e. The Morgan fingerprint density at radius 1 is 1.24 bits per heavy atom. The summed E-state index contributed by atoms with van der Waals surface area (Å²) < 4.78 is 51.8. The van der Waals surface area contributed by atoms with Crippen molar-refractivity contribution in [2.24, 2.45) is 5.92 Å². The third-order valence-electron chi connectivity index (χ3n) is 2.78. The fraction of sp³-hybridized carbons (Fsp3) is 0.833. The lowest BCUT2D eigenvalue weighted by Gasteiger charge is -2.20. The van der Waals surface area contributed by atoms with Gasteiger partial charge in [0.15, 0.2) is 5.92 Å². The van der Waals surface area contributed by atoms with E-state index in [0.717, 1.165) is 31.8 Å². The van der Waals surface area contributed by atoms with E-state index in [2.05, 4.69) is 11.5 Å². The Hall–Kier alpha value is -1.28. The summed E-state index contributed by atoms with van der Waals surface area (Å²) in [7, 11) is -6.00. The number of hydrogen-bond acceptors (Lipinski definition) is 3. The minimum Gasteiger partial charge on any atom is -0.465 e. The predicted octanol–water partition coefficient (Wildman–Crippen LogP) is 2.73. The molecule has 1 unspecified atom stereocenters. The first-order chi connectivity index (χ1) is 9.74. The Balaban J connectivity index is 0.000000690. The highest BCUT2D eigenvalue weighted by atomic mass is 19.5. The third kappa shape index (κ3) is 8.57. The molecule has 0 aromatic rings. The van der Waals surface area contributed by atoms with Crippen LogP contribution in [0.3, 0.4) is 0 Å². The van der Waals surface area contributed by atoms with Gasteiger partial charge in [-0.2, -0.15) is 0 Å². The van der Waals surface area contributed by atoms with E-state index in [9.17, 15) is 22.1 Å². The first-order valence-corrected chi connectivity index (χ1v) is 7.03. The maximum Gasteiger partial charge on any atom is 0.673 e. The van der Waals surface area contributed by atoms with Gasteiger partial charge >= 0.3 is 19.1 Å². The lowest BCUT2D eigenvalue weighted by molar-refractivity contribution is -0.540. The van der Waals surface area contributed by atoms with Crippen molar-refractivity contribution in [1.29, 1.82) is 0 Å². The van der Waals surface area contributed by atoms with Gasteiger partial charge in [0.25, 0.3) is 0 Å². The number of nitrogens with zero attached hydrogens (tertiary/aromatic N) is 1. The lowest BCUT2D eigenvalue weighted by Crippen LogP contribution is -2.40. The second-order valence-electron chi connectivity index (χ2n) is 4.29. The van der Waals surface area contributed by atoms with Crippen molar-refractivity contribution < 1.29 is 36.1 Å². The first-order valence-electron chi connectivity index (χ1n) is 7.03. The molecule has 0 saturated heterocycles. The van der Waals surface area contributed by atoms with Crippen LogP contribution >= 0.6 is 0 Å². The van der Waals surface area contributed by atoms with Crippen LogP contribution in [0, 0.1) is 5.92 Å². The average Bonchev–Trinajstić information content (AvgIpc) is 2.37. The van der Waals surface area contributed by atoms with Crippen LogP contribution in [0.5, 0.6) is 0 Å². The number of halogens is 4. The molecule has 0 amide bonds. The number of rotatable bonds is 4. The summed E-state index contributed by atoms with van der Waals surface area (Å²) in [5.41, 5.74) is 0. The number of hydrogen-bond donors (Lipinski definition) is 0. The molecule has 21 heavy (non-hydrogen) atoms. The molecular weight excluding hydrogens is 293 g/mol. The van der Waals surface area contributed by atoms with Gasteiger partial charge in [0.05, 0.1) is 13.2 Å². The summed E-state index contributed by atoms with van der Waals surface area (Å²) >= 11 is 0. The zero-order chi connectivity index (χ0) is 16.5. The highest BCUT2D eigenvalue weighted by Gasteiger charge is 2.37. The van der Waals surface area contributed by atoms with Crippen LogP contribution in [0.15, 0.2) is 0 Å². The molecule has 124 valence electrons. The van der Waals surface area contributed by atoms with E-state index in [1.807, 2.05) is 13.8 Å². The maximum absolute atomic E-state index is 11.8. The Morgan fingerprint density at radius 3 is 2.24 bits per heavy atom. The molecule has 0 spiro atoms. The molecule has 0 aromatic heterocycles. The summed E-state index contributed by atoms with van der Waals surface area (Å²) in [6.45, 7) is 8.73. The van der Waals surface area contributed by atoms with E-state index in [4.69, 9.17) is 9.47 Å². The molecule has 0 saturated carbocycles. The van der Waals surface area contributed by atoms with Crippen LogP contribution in [0.4, 0.5) is 17.3 Å². The smallest absolute Gasteiger partial charge is 0.465 e. The molecule has 0 radical (unpaired) electrons. The molecule has 0 N–H and O–H groups in total. The maximum atomic E-state index is 11.8. The van der Waals surface area contributed by atoms with E-state index in [0.29, 0.717) is 13.2 Å². The van der Waals surface area contributed by atoms with Crippen molar-refractivity contribution in [1.82, 2.24) is 0 Å². The van der Waals surface area contributed by atoms with Crippen molar-refractivity contribution in [3.63, 3.8) is 0 Å². The van der Waals surface area contributed by atoms with Gasteiger partial charge < -0.3 is 26.7 Å². The van der Waals surface area contributed by atoms with E-state index in [1.165, 1.54) is 0 Å². The van der Waals surface area contributed by atoms with Gasteiger partial charge in [-0.1, -0.05) is 0 Å². The second kappa shape index (κ2) is 9.62. The fourth-order valence-corrected chi connectivity index (χ4v) is 2.06. The van der Waals surface area contributed by atoms with Crippen LogP contribution in [-0.4, -0.2) is 50.0 Å². The normalized spacial score (nSPS) is 18.7. The third-order valence-corrected chi connectivity index (χ3v) is 2.78. The number of carbonyl (C=O) groups excluding carboxylic acids is 1.